The SMILES string of the molecule is CCOC(=O)CN(CCOC)CC(=O)Nc1ccc2c(c1)OCCCO2. The number of nitrogens with zero attached hydrogens (tertiary/aromatic N) is 1. The Balaban J connectivity index is 1.93. The van der Waals surface area contributed by atoms with E-state index in [1.54, 1.807) is 37.1 Å². The molecule has 1 heterocycles. The molecule has 1 aliphatic heterocycles. The van der Waals surface area contributed by atoms with Crippen molar-refractivity contribution >= 4 is 17.6 Å². The Morgan fingerprint density at radius 1 is 1.19 bits per heavy atom. The van der Waals surface area contributed by atoms with Crippen LogP contribution in [0, 0.1) is 0 Å². The van der Waals surface area contributed by atoms with Crippen LogP contribution in [0.3, 0.4) is 0 Å². The van der Waals surface area contributed by atoms with Crippen LogP contribution in [0.25, 0.3) is 0 Å². The minimum absolute atomic E-state index is 0.0335. The van der Waals surface area contributed by atoms with E-state index in [2.05, 4.69) is 5.32 Å². The second-order valence-electron chi connectivity index (χ2n) is 5.77. The second-order valence-corrected chi connectivity index (χ2v) is 5.77. The van der Waals surface area contributed by atoms with Crippen molar-refractivity contribution in [1.82, 2.24) is 4.90 Å². The van der Waals surface area contributed by atoms with Crippen LogP contribution in [0.4, 0.5) is 5.69 Å². The standard InChI is InChI=1S/C18H26N2O6/c1-3-24-18(22)13-20(7-10-23-2)12-17(21)19-14-5-6-15-16(11-14)26-9-4-8-25-15/h5-6,11H,3-4,7-10,12-13H2,1-2H3,(H,19,21). The van der Waals surface area contributed by atoms with Gasteiger partial charge in [-0.2, -0.15) is 0 Å². The molecular formula is C18H26N2O6. The number of carbonyl (C=O) groups is 2. The number of methoxy groups -OCH3 is 1. The molecule has 0 atom stereocenters. The van der Waals surface area contributed by atoms with Gasteiger partial charge in [0, 0.05) is 31.8 Å². The van der Waals surface area contributed by atoms with Crippen molar-refractivity contribution in [2.45, 2.75) is 13.3 Å². The minimum atomic E-state index is -0.369. The van der Waals surface area contributed by atoms with E-state index < -0.39 is 0 Å². The van der Waals surface area contributed by atoms with E-state index >= 15 is 0 Å². The van der Waals surface area contributed by atoms with Gasteiger partial charge in [-0.1, -0.05) is 0 Å². The third kappa shape index (κ3) is 6.53. The Morgan fingerprint density at radius 2 is 1.96 bits per heavy atom. The Bertz CT molecular complexity index is 607. The number of fused-ring (bicyclic) bond motifs is 1. The van der Waals surface area contributed by atoms with E-state index in [9.17, 15) is 9.59 Å². The van der Waals surface area contributed by atoms with Gasteiger partial charge in [0.05, 0.1) is 39.5 Å². The molecule has 0 aliphatic carbocycles. The number of rotatable bonds is 9. The molecule has 0 unspecified atom stereocenters. The molecule has 8 heteroatoms. The molecule has 1 amide bonds. The predicted octanol–water partition coefficient (Wildman–Crippen LogP) is 1.30. The van der Waals surface area contributed by atoms with E-state index in [0.717, 1.165) is 6.42 Å². The van der Waals surface area contributed by atoms with Gasteiger partial charge in [-0.05, 0) is 19.1 Å². The zero-order chi connectivity index (χ0) is 18.8. The average Bonchev–Trinajstić information content (AvgIpc) is 2.84. The molecule has 8 nitrogen and oxygen atoms in total. The van der Waals surface area contributed by atoms with Crippen molar-refractivity contribution in [3.05, 3.63) is 18.2 Å². The molecular weight excluding hydrogens is 340 g/mol. The predicted molar refractivity (Wildman–Crippen MR) is 95.6 cm³/mol. The molecule has 26 heavy (non-hydrogen) atoms. The van der Waals surface area contributed by atoms with Crippen molar-refractivity contribution < 1.29 is 28.5 Å². The molecule has 1 N–H and O–H groups in total. The summed E-state index contributed by atoms with van der Waals surface area (Å²) in [7, 11) is 1.57. The highest BCUT2D eigenvalue weighted by atomic mass is 16.5. The summed E-state index contributed by atoms with van der Waals surface area (Å²) in [5, 5.41) is 2.82. The Labute approximate surface area is 153 Å². The van der Waals surface area contributed by atoms with Gasteiger partial charge < -0.3 is 24.3 Å². The first-order valence-electron chi connectivity index (χ1n) is 8.68. The van der Waals surface area contributed by atoms with Crippen LogP contribution in [0.1, 0.15) is 13.3 Å². The maximum Gasteiger partial charge on any atom is 0.320 e. The lowest BCUT2D eigenvalue weighted by atomic mass is 10.2. The van der Waals surface area contributed by atoms with Crippen LogP contribution < -0.4 is 14.8 Å². The molecule has 0 radical (unpaired) electrons. The maximum atomic E-state index is 12.3. The third-order valence-corrected chi connectivity index (χ3v) is 3.67. The van der Waals surface area contributed by atoms with Crippen LogP contribution in [0.5, 0.6) is 11.5 Å². The lowest BCUT2D eigenvalue weighted by Gasteiger charge is -2.20. The number of amides is 1. The summed E-state index contributed by atoms with van der Waals surface area (Å²) in [6.07, 6.45) is 0.818. The van der Waals surface area contributed by atoms with Crippen LogP contribution >= 0.6 is 0 Å². The number of benzene rings is 1. The lowest BCUT2D eigenvalue weighted by molar-refractivity contribution is -0.144. The first-order valence-corrected chi connectivity index (χ1v) is 8.68. The fraction of sp³-hybridized carbons (Fsp3) is 0.556. The number of anilines is 1. The molecule has 1 aliphatic rings. The largest absolute Gasteiger partial charge is 0.490 e. The van der Waals surface area contributed by atoms with Crippen LogP contribution in [0.2, 0.25) is 0 Å². The Hall–Kier alpha value is -2.32. The Kier molecular flexibility index (Phi) is 8.17. The summed E-state index contributed by atoms with van der Waals surface area (Å²) in [6.45, 7) is 4.19. The molecule has 0 saturated heterocycles. The van der Waals surface area contributed by atoms with E-state index in [0.29, 0.717) is 50.2 Å². The zero-order valence-electron chi connectivity index (χ0n) is 15.3. The molecule has 0 spiro atoms. The molecule has 0 aromatic heterocycles. The smallest absolute Gasteiger partial charge is 0.320 e. The van der Waals surface area contributed by atoms with E-state index in [1.165, 1.54) is 0 Å². The van der Waals surface area contributed by atoms with Gasteiger partial charge in [-0.3, -0.25) is 14.5 Å². The van der Waals surface area contributed by atoms with Crippen molar-refractivity contribution in [3.63, 3.8) is 0 Å². The Morgan fingerprint density at radius 3 is 2.69 bits per heavy atom. The van der Waals surface area contributed by atoms with Gasteiger partial charge in [-0.15, -0.1) is 0 Å². The summed E-state index contributed by atoms with van der Waals surface area (Å²) < 4.78 is 21.2. The molecule has 0 bridgehead atoms. The van der Waals surface area contributed by atoms with Gasteiger partial charge >= 0.3 is 5.97 Å². The molecule has 2 rings (SSSR count). The van der Waals surface area contributed by atoms with E-state index in [4.69, 9.17) is 18.9 Å². The minimum Gasteiger partial charge on any atom is -0.490 e. The lowest BCUT2D eigenvalue weighted by Crippen LogP contribution is -2.39. The van der Waals surface area contributed by atoms with Crippen LogP contribution in [0.15, 0.2) is 18.2 Å². The van der Waals surface area contributed by atoms with Crippen LogP contribution in [-0.4, -0.2) is 69.9 Å². The summed E-state index contributed by atoms with van der Waals surface area (Å²) in [4.78, 5) is 25.7. The molecule has 0 fully saturated rings. The van der Waals surface area contributed by atoms with Crippen LogP contribution in [-0.2, 0) is 19.1 Å². The number of carbonyl (C=O) groups excluding carboxylic acids is 2. The highest BCUT2D eigenvalue weighted by Gasteiger charge is 2.16. The monoisotopic (exact) mass is 366 g/mol. The maximum absolute atomic E-state index is 12.3. The van der Waals surface area contributed by atoms with Crippen molar-refractivity contribution in [2.75, 3.05) is 58.5 Å². The van der Waals surface area contributed by atoms with Crippen molar-refractivity contribution in [3.8, 4) is 11.5 Å². The number of hydrogen-bond acceptors (Lipinski definition) is 7. The van der Waals surface area contributed by atoms with Gasteiger partial charge in [0.25, 0.3) is 0 Å². The summed E-state index contributed by atoms with van der Waals surface area (Å²) in [6, 6.07) is 5.28. The fourth-order valence-corrected chi connectivity index (χ4v) is 2.47. The highest BCUT2D eigenvalue weighted by molar-refractivity contribution is 5.92. The molecule has 1 aromatic rings. The van der Waals surface area contributed by atoms with Gasteiger partial charge in [0.15, 0.2) is 11.5 Å². The summed E-state index contributed by atoms with van der Waals surface area (Å²) in [5.74, 6) is 0.680. The number of esters is 1. The fourth-order valence-electron chi connectivity index (χ4n) is 2.47. The number of ether oxygens (including phenoxy) is 4. The summed E-state index contributed by atoms with van der Waals surface area (Å²) >= 11 is 0. The highest BCUT2D eigenvalue weighted by Crippen LogP contribution is 2.32. The van der Waals surface area contributed by atoms with Crippen molar-refractivity contribution in [1.29, 1.82) is 0 Å². The van der Waals surface area contributed by atoms with E-state index in [1.807, 2.05) is 0 Å². The quantitative estimate of drug-likeness (QED) is 0.659. The molecule has 0 saturated carbocycles. The average molecular weight is 366 g/mol. The number of nitrogens with one attached hydrogen (secondary N) is 1. The topological polar surface area (TPSA) is 86.3 Å². The van der Waals surface area contributed by atoms with Crippen molar-refractivity contribution in [2.24, 2.45) is 0 Å². The van der Waals surface area contributed by atoms with Gasteiger partial charge in [0.2, 0.25) is 5.91 Å². The van der Waals surface area contributed by atoms with E-state index in [-0.39, 0.29) is 25.0 Å². The van der Waals surface area contributed by atoms with Gasteiger partial charge in [-0.25, -0.2) is 0 Å². The third-order valence-electron chi connectivity index (χ3n) is 3.67. The second kappa shape index (κ2) is 10.6. The normalized spacial score (nSPS) is 13.2. The molecule has 144 valence electrons. The zero-order valence-corrected chi connectivity index (χ0v) is 15.3. The first kappa shape index (κ1) is 20.0. The van der Waals surface area contributed by atoms with Gasteiger partial charge in [0.1, 0.15) is 0 Å². The first-order chi connectivity index (χ1) is 12.6. The number of hydrogen-bond donors (Lipinski definition) is 1. The molecule has 1 aromatic carbocycles. The summed E-state index contributed by atoms with van der Waals surface area (Å²) in [5.41, 5.74) is 0.613.